The number of rotatable bonds is 5. The Bertz CT molecular complexity index is 1400. The Morgan fingerprint density at radius 2 is 1.52 bits per heavy atom. The van der Waals surface area contributed by atoms with Crippen LogP contribution in [0, 0.1) is 25.7 Å². The molecule has 1 N–H and O–H groups in total. The SMILES string of the molecule is CC[C@]12C=CCN(c3ccccc3)C(=O)[C@H]1[C@H]1C(=O)N(CCO)C3C(=O)N(c4c(C)cccc4C)CC=C[C@@]31O2. The van der Waals surface area contributed by atoms with Crippen LogP contribution in [0.15, 0.2) is 72.8 Å². The van der Waals surface area contributed by atoms with Crippen LogP contribution < -0.4 is 9.80 Å². The minimum atomic E-state index is -1.35. The third kappa shape index (κ3) is 3.62. The van der Waals surface area contributed by atoms with Crippen molar-refractivity contribution in [1.82, 2.24) is 4.90 Å². The molecule has 8 heteroatoms. The van der Waals surface area contributed by atoms with Crippen molar-refractivity contribution in [3.8, 4) is 0 Å². The minimum absolute atomic E-state index is 0.0242. The molecule has 2 fully saturated rings. The monoisotopic (exact) mass is 541 g/mol. The van der Waals surface area contributed by atoms with Crippen molar-refractivity contribution < 1.29 is 24.2 Å². The molecular weight excluding hydrogens is 506 g/mol. The summed E-state index contributed by atoms with van der Waals surface area (Å²) >= 11 is 0. The second-order valence-electron chi connectivity index (χ2n) is 11.2. The first kappa shape index (κ1) is 26.5. The highest BCUT2D eigenvalue weighted by Gasteiger charge is 2.75. The van der Waals surface area contributed by atoms with Crippen molar-refractivity contribution in [2.45, 2.75) is 44.4 Å². The molecule has 40 heavy (non-hydrogen) atoms. The number of aliphatic hydroxyl groups excluding tert-OH is 1. The molecule has 1 unspecified atom stereocenters. The maximum absolute atomic E-state index is 14.6. The number of carbonyl (C=O) groups excluding carboxylic acids is 3. The van der Waals surface area contributed by atoms with E-state index in [4.69, 9.17) is 4.74 Å². The van der Waals surface area contributed by atoms with E-state index in [0.29, 0.717) is 19.5 Å². The number of likely N-dealkylation sites (tertiary alicyclic amines) is 1. The Morgan fingerprint density at radius 3 is 2.20 bits per heavy atom. The highest BCUT2D eigenvalue weighted by molar-refractivity contribution is 6.08. The van der Waals surface area contributed by atoms with Gasteiger partial charge in [-0.2, -0.15) is 0 Å². The Morgan fingerprint density at radius 1 is 0.850 bits per heavy atom. The highest BCUT2D eigenvalue weighted by atomic mass is 16.5. The first-order valence-corrected chi connectivity index (χ1v) is 14.0. The lowest BCUT2D eigenvalue weighted by Crippen LogP contribution is -2.56. The normalized spacial score (nSPS) is 31.2. The fraction of sp³-hybridized carbons (Fsp3) is 0.406. The molecule has 6 rings (SSSR count). The molecule has 4 aliphatic heterocycles. The van der Waals surface area contributed by atoms with Gasteiger partial charge in [0.15, 0.2) is 0 Å². The van der Waals surface area contributed by atoms with Crippen molar-refractivity contribution in [1.29, 1.82) is 0 Å². The van der Waals surface area contributed by atoms with E-state index in [1.54, 1.807) is 9.80 Å². The average Bonchev–Trinajstić information content (AvgIpc) is 3.23. The van der Waals surface area contributed by atoms with Crippen LogP contribution in [0.2, 0.25) is 0 Å². The molecule has 2 aromatic carbocycles. The van der Waals surface area contributed by atoms with E-state index in [1.807, 2.05) is 93.6 Å². The third-order valence-corrected chi connectivity index (χ3v) is 9.06. The van der Waals surface area contributed by atoms with Gasteiger partial charge >= 0.3 is 0 Å². The van der Waals surface area contributed by atoms with Crippen molar-refractivity contribution in [3.63, 3.8) is 0 Å². The van der Waals surface area contributed by atoms with Gasteiger partial charge in [0.25, 0.3) is 5.91 Å². The van der Waals surface area contributed by atoms with Gasteiger partial charge in [-0.1, -0.05) is 67.6 Å². The van der Waals surface area contributed by atoms with Crippen LogP contribution in [0.3, 0.4) is 0 Å². The van der Waals surface area contributed by atoms with E-state index in [9.17, 15) is 19.5 Å². The molecule has 1 spiro atoms. The third-order valence-electron chi connectivity index (χ3n) is 9.06. The van der Waals surface area contributed by atoms with E-state index in [0.717, 1.165) is 22.5 Å². The number of amides is 3. The number of aliphatic hydroxyl groups is 1. The highest BCUT2D eigenvalue weighted by Crippen LogP contribution is 2.58. The fourth-order valence-electron chi connectivity index (χ4n) is 7.38. The molecule has 5 atom stereocenters. The number of para-hydroxylation sites is 2. The lowest BCUT2D eigenvalue weighted by molar-refractivity contribution is -0.146. The Labute approximate surface area is 234 Å². The number of β-amino-alcohol motifs (C(OH)–C–C–N with tert-alkyl or cyclic N) is 1. The Kier molecular flexibility index (Phi) is 6.43. The van der Waals surface area contributed by atoms with E-state index < -0.39 is 29.1 Å². The predicted octanol–water partition coefficient (Wildman–Crippen LogP) is 3.16. The van der Waals surface area contributed by atoms with E-state index in [-0.39, 0.29) is 30.9 Å². The zero-order valence-corrected chi connectivity index (χ0v) is 23.1. The maximum atomic E-state index is 14.6. The summed E-state index contributed by atoms with van der Waals surface area (Å²) in [5.74, 6) is -2.55. The van der Waals surface area contributed by atoms with Crippen molar-refractivity contribution >= 4 is 29.1 Å². The zero-order valence-electron chi connectivity index (χ0n) is 23.1. The number of hydrogen-bond acceptors (Lipinski definition) is 5. The average molecular weight is 542 g/mol. The van der Waals surface area contributed by atoms with Crippen molar-refractivity contribution in [2.75, 3.05) is 36.0 Å². The van der Waals surface area contributed by atoms with Gasteiger partial charge in [0.05, 0.1) is 24.0 Å². The van der Waals surface area contributed by atoms with E-state index in [2.05, 4.69) is 0 Å². The van der Waals surface area contributed by atoms with Gasteiger partial charge in [-0.25, -0.2) is 0 Å². The number of fused-ring (bicyclic) bond motifs is 2. The van der Waals surface area contributed by atoms with Crippen LogP contribution >= 0.6 is 0 Å². The zero-order chi connectivity index (χ0) is 28.2. The van der Waals surface area contributed by atoms with Gasteiger partial charge in [-0.15, -0.1) is 0 Å². The fourth-order valence-corrected chi connectivity index (χ4v) is 7.38. The van der Waals surface area contributed by atoms with Crippen LogP contribution in [0.1, 0.15) is 24.5 Å². The Balaban J connectivity index is 1.51. The summed E-state index contributed by atoms with van der Waals surface area (Å²) in [6.07, 6.45) is 8.07. The second kappa shape index (κ2) is 9.71. The topological polar surface area (TPSA) is 90.4 Å². The molecule has 3 amide bonds. The quantitative estimate of drug-likeness (QED) is 0.588. The molecule has 8 nitrogen and oxygen atoms in total. The van der Waals surface area contributed by atoms with Gasteiger partial charge in [0, 0.05) is 31.0 Å². The molecule has 0 aromatic heterocycles. The van der Waals surface area contributed by atoms with Crippen LogP contribution in [0.25, 0.3) is 0 Å². The van der Waals surface area contributed by atoms with Crippen molar-refractivity contribution in [3.05, 3.63) is 84.0 Å². The molecule has 0 saturated carbocycles. The number of anilines is 2. The molecule has 0 radical (unpaired) electrons. The first-order valence-electron chi connectivity index (χ1n) is 14.0. The molecular formula is C32H35N3O5. The Hall–Kier alpha value is -3.75. The number of ether oxygens (including phenoxy) is 1. The van der Waals surface area contributed by atoms with Gasteiger partial charge in [-0.3, -0.25) is 14.4 Å². The van der Waals surface area contributed by atoms with Gasteiger partial charge in [0.1, 0.15) is 11.6 Å². The van der Waals surface area contributed by atoms with Gasteiger partial charge in [0.2, 0.25) is 11.8 Å². The molecule has 2 saturated heterocycles. The molecule has 0 aliphatic carbocycles. The summed E-state index contributed by atoms with van der Waals surface area (Å²) in [6, 6.07) is 14.3. The van der Waals surface area contributed by atoms with Crippen LogP contribution in [-0.4, -0.2) is 71.2 Å². The standard InChI is InChI=1S/C32H35N3O5/c1-4-31-15-9-17-33(23-13-6-5-7-14-23)28(37)24(31)25-29(38)35(19-20-36)27-30(39)34(18-10-16-32(25,27)40-31)26-21(2)11-8-12-22(26)3/h5-16,24-25,27,36H,4,17-20H2,1-3H3/t24-,25+,27?,31+,32+/m1/s1. The molecule has 208 valence electrons. The summed E-state index contributed by atoms with van der Waals surface area (Å²) in [5.41, 5.74) is 1.04. The summed E-state index contributed by atoms with van der Waals surface area (Å²) in [6.45, 7) is 6.22. The first-order chi connectivity index (χ1) is 19.3. The van der Waals surface area contributed by atoms with E-state index in [1.165, 1.54) is 4.90 Å². The number of aryl methyl sites for hydroxylation is 2. The summed E-state index contributed by atoms with van der Waals surface area (Å²) < 4.78 is 6.98. The molecule has 4 heterocycles. The van der Waals surface area contributed by atoms with Gasteiger partial charge < -0.3 is 24.5 Å². The van der Waals surface area contributed by atoms with Crippen molar-refractivity contribution in [2.24, 2.45) is 11.8 Å². The number of benzene rings is 2. The van der Waals surface area contributed by atoms with Crippen LogP contribution in [0.5, 0.6) is 0 Å². The van der Waals surface area contributed by atoms with E-state index >= 15 is 0 Å². The minimum Gasteiger partial charge on any atom is -0.395 e. The number of nitrogens with zero attached hydrogens (tertiary/aromatic N) is 3. The number of hydrogen-bond donors (Lipinski definition) is 1. The van der Waals surface area contributed by atoms with Gasteiger partial charge in [-0.05, 0) is 43.5 Å². The van der Waals surface area contributed by atoms with Crippen LogP contribution in [-0.2, 0) is 19.1 Å². The largest absolute Gasteiger partial charge is 0.395 e. The lowest BCUT2D eigenvalue weighted by atomic mass is 9.73. The molecule has 0 bridgehead atoms. The summed E-state index contributed by atoms with van der Waals surface area (Å²) in [4.78, 5) is 48.2. The smallest absolute Gasteiger partial charge is 0.253 e. The summed E-state index contributed by atoms with van der Waals surface area (Å²) in [7, 11) is 0. The summed E-state index contributed by atoms with van der Waals surface area (Å²) in [5, 5.41) is 9.98. The molecule has 4 aliphatic rings. The predicted molar refractivity (Wildman–Crippen MR) is 152 cm³/mol. The molecule has 2 aromatic rings. The lowest BCUT2D eigenvalue weighted by Gasteiger charge is -2.38. The number of carbonyl (C=O) groups is 3. The second-order valence-corrected chi connectivity index (χ2v) is 11.2. The maximum Gasteiger partial charge on any atom is 0.253 e. The van der Waals surface area contributed by atoms with Crippen LogP contribution in [0.4, 0.5) is 11.4 Å².